The van der Waals surface area contributed by atoms with Gasteiger partial charge in [-0.2, -0.15) is 26.3 Å². The highest BCUT2D eigenvalue weighted by molar-refractivity contribution is 5.64. The fourth-order valence-electron chi connectivity index (χ4n) is 4.51. The van der Waals surface area contributed by atoms with E-state index in [1.807, 2.05) is 0 Å². The maximum Gasteiger partial charge on any atom is 0.426 e. The predicted octanol–water partition coefficient (Wildman–Crippen LogP) is 6.93. The van der Waals surface area contributed by atoms with Crippen molar-refractivity contribution in [1.29, 1.82) is 0 Å². The lowest BCUT2D eigenvalue weighted by atomic mass is 9.95. The van der Waals surface area contributed by atoms with Gasteiger partial charge in [0.05, 0.1) is 11.5 Å². The molecule has 1 aliphatic heterocycles. The van der Waals surface area contributed by atoms with Crippen molar-refractivity contribution < 1.29 is 45.2 Å². The molecular formula is C26H22F6N4O5. The van der Waals surface area contributed by atoms with Gasteiger partial charge in [-0.05, 0) is 37.2 Å². The summed E-state index contributed by atoms with van der Waals surface area (Å²) < 4.78 is 103. The van der Waals surface area contributed by atoms with E-state index in [0.717, 1.165) is 0 Å². The lowest BCUT2D eigenvalue weighted by Gasteiger charge is -2.32. The predicted molar refractivity (Wildman–Crippen MR) is 128 cm³/mol. The number of hydrogen-bond acceptors (Lipinski definition) is 8. The van der Waals surface area contributed by atoms with E-state index in [4.69, 9.17) is 13.9 Å². The Balaban J connectivity index is 1.67. The van der Waals surface area contributed by atoms with Gasteiger partial charge in [0, 0.05) is 12.5 Å². The first-order valence-corrected chi connectivity index (χ1v) is 12.6. The normalized spacial score (nSPS) is 22.4. The third kappa shape index (κ3) is 5.89. The zero-order valence-corrected chi connectivity index (χ0v) is 21.1. The monoisotopic (exact) mass is 584 g/mol. The third-order valence-electron chi connectivity index (χ3n) is 6.84. The molecule has 2 aromatic heterocycles. The number of rotatable bonds is 5. The summed E-state index contributed by atoms with van der Waals surface area (Å²) in [5, 5.41) is 18.8. The molecule has 0 amide bonds. The van der Waals surface area contributed by atoms with E-state index < -0.39 is 76.6 Å². The van der Waals surface area contributed by atoms with Crippen LogP contribution in [0.2, 0.25) is 0 Å². The minimum Gasteiger partial charge on any atom is -0.473 e. The molecule has 0 radical (unpaired) electrons. The molecule has 0 spiro atoms. The summed E-state index contributed by atoms with van der Waals surface area (Å²) in [6.07, 6.45) is -7.47. The summed E-state index contributed by atoms with van der Waals surface area (Å²) in [5.41, 5.74) is -6.29. The van der Waals surface area contributed by atoms with Crippen LogP contribution in [0.1, 0.15) is 49.1 Å². The van der Waals surface area contributed by atoms with E-state index in [1.54, 1.807) is 30.3 Å². The van der Waals surface area contributed by atoms with E-state index in [9.17, 15) is 36.5 Å². The van der Waals surface area contributed by atoms with Crippen LogP contribution < -0.4 is 4.74 Å². The van der Waals surface area contributed by atoms with Crippen molar-refractivity contribution in [3.05, 3.63) is 75.7 Å². The number of alkyl halides is 6. The van der Waals surface area contributed by atoms with E-state index in [2.05, 4.69) is 15.2 Å². The molecule has 2 aliphatic rings. The number of halogens is 6. The first-order valence-electron chi connectivity index (χ1n) is 12.6. The van der Waals surface area contributed by atoms with Gasteiger partial charge in [0.25, 0.3) is 11.8 Å². The first-order chi connectivity index (χ1) is 19.4. The van der Waals surface area contributed by atoms with Gasteiger partial charge in [0.15, 0.2) is 0 Å². The van der Waals surface area contributed by atoms with Crippen LogP contribution in [-0.4, -0.2) is 32.4 Å². The quantitative estimate of drug-likeness (QED) is 0.137. The maximum atomic E-state index is 14.8. The molecule has 15 heteroatoms. The minimum absolute atomic E-state index is 0.0816. The van der Waals surface area contributed by atoms with Gasteiger partial charge in [-0.15, -0.1) is 10.2 Å². The highest BCUT2D eigenvalue weighted by Crippen LogP contribution is 2.48. The van der Waals surface area contributed by atoms with Crippen molar-refractivity contribution >= 4 is 5.69 Å². The standard InChI is InChI=1S/C26H22F6N4O5/c27-25(28,29)17-13-18(36(37)38)20-22-34-35-23(41-22)24(26(30,31)32,39-14-15-7-3-1-4-8-15)12-6-2-5-9-19(16-10-11-16)40-21(17)33-20/h1-5,7-8,13,16,19H,6,9-12,14H2/b5-2-/t19?,24-/m1/s1. The van der Waals surface area contributed by atoms with Gasteiger partial charge in [0.2, 0.25) is 17.2 Å². The molecule has 3 aromatic rings. The molecule has 2 atom stereocenters. The average molecular weight is 584 g/mol. The van der Waals surface area contributed by atoms with Crippen molar-refractivity contribution in [2.24, 2.45) is 5.92 Å². The van der Waals surface area contributed by atoms with Gasteiger partial charge < -0.3 is 13.9 Å². The molecule has 0 saturated heterocycles. The van der Waals surface area contributed by atoms with Gasteiger partial charge in [-0.1, -0.05) is 42.5 Å². The number of nitro groups is 1. The lowest BCUT2D eigenvalue weighted by Crippen LogP contribution is -2.45. The molecule has 1 aromatic carbocycles. The molecule has 218 valence electrons. The second-order valence-electron chi connectivity index (χ2n) is 9.71. The van der Waals surface area contributed by atoms with Crippen LogP contribution in [0.3, 0.4) is 0 Å². The number of pyridine rings is 1. The highest BCUT2D eigenvalue weighted by atomic mass is 19.4. The number of allylic oxidation sites excluding steroid dienone is 1. The Kier molecular flexibility index (Phi) is 7.48. The summed E-state index contributed by atoms with van der Waals surface area (Å²) in [4.78, 5) is 14.3. The molecular weight excluding hydrogens is 562 g/mol. The van der Waals surface area contributed by atoms with Crippen molar-refractivity contribution in [3.63, 3.8) is 0 Å². The molecule has 3 heterocycles. The Labute approximate surface area is 228 Å². The molecule has 1 aliphatic carbocycles. The Morgan fingerprint density at radius 1 is 1.07 bits per heavy atom. The average Bonchev–Trinajstić information content (AvgIpc) is 3.64. The summed E-state index contributed by atoms with van der Waals surface area (Å²) in [7, 11) is 0. The van der Waals surface area contributed by atoms with Crippen molar-refractivity contribution in [2.45, 2.75) is 62.8 Å². The third-order valence-corrected chi connectivity index (χ3v) is 6.84. The topological polar surface area (TPSA) is 113 Å². The molecule has 9 nitrogen and oxygen atoms in total. The summed E-state index contributed by atoms with van der Waals surface area (Å²) in [6, 6.07) is 8.23. The minimum atomic E-state index is -5.10. The second kappa shape index (κ2) is 10.8. The van der Waals surface area contributed by atoms with Crippen molar-refractivity contribution in [1.82, 2.24) is 15.2 Å². The van der Waals surface area contributed by atoms with E-state index >= 15 is 0 Å². The first kappa shape index (κ1) is 28.5. The highest BCUT2D eigenvalue weighted by Gasteiger charge is 2.61. The zero-order chi connectivity index (χ0) is 29.4. The maximum absolute atomic E-state index is 14.8. The van der Waals surface area contributed by atoms with Crippen LogP contribution in [0.5, 0.6) is 5.88 Å². The zero-order valence-electron chi connectivity index (χ0n) is 21.1. The fraction of sp³-hybridized carbons (Fsp3) is 0.423. The Morgan fingerprint density at radius 2 is 1.80 bits per heavy atom. The van der Waals surface area contributed by atoms with E-state index in [0.29, 0.717) is 18.4 Å². The van der Waals surface area contributed by atoms with Gasteiger partial charge >= 0.3 is 18.0 Å². The van der Waals surface area contributed by atoms with Gasteiger partial charge in [0.1, 0.15) is 11.7 Å². The number of nitrogens with zero attached hydrogens (tertiary/aromatic N) is 4. The van der Waals surface area contributed by atoms with E-state index in [1.165, 1.54) is 12.2 Å². The largest absolute Gasteiger partial charge is 0.473 e. The number of hydrogen-bond donors (Lipinski definition) is 0. The van der Waals surface area contributed by atoms with Crippen molar-refractivity contribution in [2.75, 3.05) is 0 Å². The SMILES string of the molecule is O=[N+]([O-])c1cc(C(F)(F)F)c2nc1-c1nnc(o1)[C@@](OCc1ccccc1)(C(F)(F)F)CC/C=C\CC(C1CC1)O2. The van der Waals surface area contributed by atoms with Gasteiger partial charge in [-0.3, -0.25) is 10.1 Å². The second-order valence-corrected chi connectivity index (χ2v) is 9.71. The molecule has 4 bridgehead atoms. The fourth-order valence-corrected chi connectivity index (χ4v) is 4.51. The van der Waals surface area contributed by atoms with Crippen LogP contribution in [0, 0.1) is 16.0 Å². The van der Waals surface area contributed by atoms with Crippen LogP contribution in [0.25, 0.3) is 11.6 Å². The van der Waals surface area contributed by atoms with Crippen molar-refractivity contribution in [3.8, 4) is 17.5 Å². The summed E-state index contributed by atoms with van der Waals surface area (Å²) in [6.45, 7) is -0.498. The molecule has 1 fully saturated rings. The van der Waals surface area contributed by atoms with Crippen LogP contribution in [0.4, 0.5) is 32.0 Å². The number of fused-ring (bicyclic) bond motifs is 5. The molecule has 41 heavy (non-hydrogen) atoms. The van der Waals surface area contributed by atoms with Crippen LogP contribution in [-0.2, 0) is 23.1 Å². The Bertz CT molecular complexity index is 1440. The summed E-state index contributed by atoms with van der Waals surface area (Å²) >= 11 is 0. The van der Waals surface area contributed by atoms with E-state index in [-0.39, 0.29) is 24.8 Å². The Hall–Kier alpha value is -4.01. The lowest BCUT2D eigenvalue weighted by molar-refractivity contribution is -0.384. The smallest absolute Gasteiger partial charge is 0.426 e. The molecule has 1 saturated carbocycles. The number of benzene rings is 1. The molecule has 1 unspecified atom stereocenters. The molecule has 0 N–H and O–H groups in total. The Morgan fingerprint density at radius 3 is 2.44 bits per heavy atom. The van der Waals surface area contributed by atoms with Crippen LogP contribution >= 0.6 is 0 Å². The summed E-state index contributed by atoms with van der Waals surface area (Å²) in [5.74, 6) is -3.05. The number of aromatic nitrogens is 3. The number of ether oxygens (including phenoxy) is 2. The van der Waals surface area contributed by atoms with Gasteiger partial charge in [-0.25, -0.2) is 4.98 Å². The van der Waals surface area contributed by atoms with Crippen LogP contribution in [0.15, 0.2) is 53.0 Å². The molecule has 5 rings (SSSR count).